The van der Waals surface area contributed by atoms with Crippen molar-refractivity contribution in [2.24, 2.45) is 0 Å². The number of carbonyl (C=O) groups excluding carboxylic acids is 1. The van der Waals surface area contributed by atoms with Crippen molar-refractivity contribution in [1.29, 1.82) is 0 Å². The molecule has 2 aliphatic rings. The van der Waals surface area contributed by atoms with Gasteiger partial charge in [0.05, 0.1) is 0 Å². The monoisotopic (exact) mass is 394 g/mol. The molecule has 0 radical (unpaired) electrons. The normalized spacial score (nSPS) is 20.8. The minimum absolute atomic E-state index is 0.000881. The minimum Gasteiger partial charge on any atom is -0.486 e. The second kappa shape index (κ2) is 8.87. The fourth-order valence-corrected chi connectivity index (χ4v) is 4.36. The molecule has 1 N–H and O–H groups in total. The van der Waals surface area contributed by atoms with E-state index in [0.717, 1.165) is 44.0 Å². The van der Waals surface area contributed by atoms with Gasteiger partial charge in [0.15, 0.2) is 11.5 Å². The molecule has 0 spiro atoms. The maximum atomic E-state index is 11.9. The average Bonchev–Trinajstić information content (AvgIpc) is 2.79. The number of rotatable bonds is 6. The molecular formula is C24H30N2O3. The smallest absolute Gasteiger partial charge is 0.219 e. The molecule has 2 heterocycles. The van der Waals surface area contributed by atoms with Crippen molar-refractivity contribution in [3.05, 3.63) is 60.2 Å². The summed E-state index contributed by atoms with van der Waals surface area (Å²) in [5.74, 6) is 1.79. The van der Waals surface area contributed by atoms with E-state index in [9.17, 15) is 4.79 Å². The number of nitrogens with one attached hydrogen (secondary N) is 1. The molecule has 0 unspecified atom stereocenters. The lowest BCUT2D eigenvalue weighted by atomic mass is 9.72. The highest BCUT2D eigenvalue weighted by molar-refractivity contribution is 5.75. The first-order chi connectivity index (χ1) is 14.2. The fourth-order valence-electron chi connectivity index (χ4n) is 4.36. The highest BCUT2D eigenvalue weighted by Gasteiger charge is 2.37. The van der Waals surface area contributed by atoms with E-state index in [1.165, 1.54) is 5.56 Å². The summed E-state index contributed by atoms with van der Waals surface area (Å²) in [4.78, 5) is 14.4. The highest BCUT2D eigenvalue weighted by atomic mass is 16.6. The molecule has 0 bridgehead atoms. The second-order valence-electron chi connectivity index (χ2n) is 8.07. The molecule has 2 aromatic rings. The average molecular weight is 395 g/mol. The van der Waals surface area contributed by atoms with Gasteiger partial charge in [0.1, 0.15) is 12.7 Å². The lowest BCUT2D eigenvalue weighted by molar-refractivity contribution is -0.121. The van der Waals surface area contributed by atoms with Crippen LogP contribution in [-0.2, 0) is 10.2 Å². The SMILES string of the molecule is CCC(=O)NCC1(c2ccccc2)CCN(C[C@@H]2COc3ccccc3O2)CC1. The van der Waals surface area contributed by atoms with Crippen LogP contribution >= 0.6 is 0 Å². The third kappa shape index (κ3) is 4.56. The third-order valence-corrected chi connectivity index (χ3v) is 6.17. The van der Waals surface area contributed by atoms with Crippen molar-refractivity contribution in [3.8, 4) is 11.5 Å². The molecule has 5 nitrogen and oxygen atoms in total. The number of hydrogen-bond donors (Lipinski definition) is 1. The molecule has 29 heavy (non-hydrogen) atoms. The number of para-hydroxylation sites is 2. The molecule has 0 aliphatic carbocycles. The quantitative estimate of drug-likeness (QED) is 0.816. The van der Waals surface area contributed by atoms with Gasteiger partial charge in [-0.05, 0) is 43.6 Å². The van der Waals surface area contributed by atoms with Gasteiger partial charge in [0.25, 0.3) is 0 Å². The first-order valence-electron chi connectivity index (χ1n) is 10.6. The molecule has 1 amide bonds. The molecule has 0 aromatic heterocycles. The Morgan fingerprint density at radius 1 is 1.07 bits per heavy atom. The summed E-state index contributed by atoms with van der Waals surface area (Å²) in [5.41, 5.74) is 1.32. The number of piperidine rings is 1. The summed E-state index contributed by atoms with van der Waals surface area (Å²) in [6, 6.07) is 18.5. The summed E-state index contributed by atoms with van der Waals surface area (Å²) in [6.07, 6.45) is 2.61. The summed E-state index contributed by atoms with van der Waals surface area (Å²) in [6.45, 7) is 6.02. The van der Waals surface area contributed by atoms with Crippen LogP contribution in [0.3, 0.4) is 0 Å². The van der Waals surface area contributed by atoms with Crippen molar-refractivity contribution in [3.63, 3.8) is 0 Å². The predicted octanol–water partition coefficient (Wildman–Crippen LogP) is 3.39. The third-order valence-electron chi connectivity index (χ3n) is 6.17. The molecule has 4 rings (SSSR count). The topological polar surface area (TPSA) is 50.8 Å². The van der Waals surface area contributed by atoms with E-state index in [0.29, 0.717) is 19.6 Å². The van der Waals surface area contributed by atoms with Gasteiger partial charge in [-0.15, -0.1) is 0 Å². The molecule has 2 aromatic carbocycles. The van der Waals surface area contributed by atoms with Crippen molar-refractivity contribution in [1.82, 2.24) is 10.2 Å². The van der Waals surface area contributed by atoms with Gasteiger partial charge in [-0.1, -0.05) is 49.4 Å². The van der Waals surface area contributed by atoms with Gasteiger partial charge in [0.2, 0.25) is 5.91 Å². The van der Waals surface area contributed by atoms with E-state index in [1.54, 1.807) is 0 Å². The van der Waals surface area contributed by atoms with E-state index in [-0.39, 0.29) is 17.4 Å². The number of ether oxygens (including phenoxy) is 2. The van der Waals surface area contributed by atoms with Gasteiger partial charge in [-0.3, -0.25) is 9.69 Å². The Hall–Kier alpha value is -2.53. The summed E-state index contributed by atoms with van der Waals surface area (Å²) >= 11 is 0. The maximum Gasteiger partial charge on any atom is 0.219 e. The first-order valence-corrected chi connectivity index (χ1v) is 10.6. The van der Waals surface area contributed by atoms with Gasteiger partial charge < -0.3 is 14.8 Å². The zero-order valence-electron chi connectivity index (χ0n) is 17.1. The van der Waals surface area contributed by atoms with E-state index in [4.69, 9.17) is 9.47 Å². The van der Waals surface area contributed by atoms with Crippen LogP contribution < -0.4 is 14.8 Å². The van der Waals surface area contributed by atoms with Crippen LogP contribution in [0.2, 0.25) is 0 Å². The minimum atomic E-state index is -0.000881. The van der Waals surface area contributed by atoms with Crippen molar-refractivity contribution in [2.75, 3.05) is 32.8 Å². The number of hydrogen-bond acceptors (Lipinski definition) is 4. The Kier molecular flexibility index (Phi) is 6.05. The molecule has 1 fully saturated rings. The van der Waals surface area contributed by atoms with E-state index < -0.39 is 0 Å². The number of fused-ring (bicyclic) bond motifs is 1. The maximum absolute atomic E-state index is 11.9. The number of amides is 1. The number of benzene rings is 2. The van der Waals surface area contributed by atoms with Crippen molar-refractivity contribution >= 4 is 5.91 Å². The van der Waals surface area contributed by atoms with E-state index in [2.05, 4.69) is 40.5 Å². The Morgan fingerprint density at radius 3 is 2.48 bits per heavy atom. The predicted molar refractivity (Wildman–Crippen MR) is 113 cm³/mol. The number of nitrogens with zero attached hydrogens (tertiary/aromatic N) is 1. The molecule has 5 heteroatoms. The van der Waals surface area contributed by atoms with Crippen LogP contribution in [0.4, 0.5) is 0 Å². The van der Waals surface area contributed by atoms with Crippen molar-refractivity contribution in [2.45, 2.75) is 37.7 Å². The van der Waals surface area contributed by atoms with Gasteiger partial charge in [-0.25, -0.2) is 0 Å². The summed E-state index contributed by atoms with van der Waals surface area (Å²) in [7, 11) is 0. The van der Waals surface area contributed by atoms with Crippen LogP contribution in [0.15, 0.2) is 54.6 Å². The van der Waals surface area contributed by atoms with Crippen LogP contribution in [0.5, 0.6) is 11.5 Å². The first kappa shape index (κ1) is 19.8. The van der Waals surface area contributed by atoms with Gasteiger partial charge >= 0.3 is 0 Å². The van der Waals surface area contributed by atoms with Crippen molar-refractivity contribution < 1.29 is 14.3 Å². The van der Waals surface area contributed by atoms with Crippen LogP contribution in [-0.4, -0.2) is 49.7 Å². The largest absolute Gasteiger partial charge is 0.486 e. The zero-order valence-corrected chi connectivity index (χ0v) is 17.1. The zero-order chi connectivity index (χ0) is 20.1. The molecule has 154 valence electrons. The molecule has 1 atom stereocenters. The van der Waals surface area contributed by atoms with Crippen LogP contribution in [0, 0.1) is 0 Å². The summed E-state index contributed by atoms with van der Waals surface area (Å²) < 4.78 is 12.0. The lowest BCUT2D eigenvalue weighted by Gasteiger charge is -2.43. The van der Waals surface area contributed by atoms with Crippen LogP contribution in [0.25, 0.3) is 0 Å². The highest BCUT2D eigenvalue weighted by Crippen LogP contribution is 2.36. The lowest BCUT2D eigenvalue weighted by Crippen LogP contribution is -2.51. The second-order valence-corrected chi connectivity index (χ2v) is 8.07. The standard InChI is InChI=1S/C24H30N2O3/c1-2-23(27)25-18-24(19-8-4-3-5-9-19)12-14-26(15-13-24)16-20-17-28-21-10-6-7-11-22(21)29-20/h3-11,20H,2,12-18H2,1H3,(H,25,27)/t20-/m1/s1. The fraction of sp³-hybridized carbons (Fsp3) is 0.458. The summed E-state index contributed by atoms with van der Waals surface area (Å²) in [5, 5.41) is 3.15. The van der Waals surface area contributed by atoms with E-state index >= 15 is 0 Å². The van der Waals surface area contributed by atoms with Gasteiger partial charge in [-0.2, -0.15) is 0 Å². The Morgan fingerprint density at radius 2 is 1.76 bits per heavy atom. The van der Waals surface area contributed by atoms with E-state index in [1.807, 2.05) is 31.2 Å². The Bertz CT molecular complexity index is 816. The van der Waals surface area contributed by atoms with Gasteiger partial charge in [0, 0.05) is 24.9 Å². The molecule has 0 saturated carbocycles. The Labute approximate surface area is 173 Å². The Balaban J connectivity index is 1.38. The molecule has 2 aliphatic heterocycles. The number of carbonyl (C=O) groups is 1. The molecule has 1 saturated heterocycles. The number of likely N-dealkylation sites (tertiary alicyclic amines) is 1. The van der Waals surface area contributed by atoms with Crippen LogP contribution in [0.1, 0.15) is 31.7 Å². The molecular weight excluding hydrogens is 364 g/mol.